The van der Waals surface area contributed by atoms with Gasteiger partial charge in [0.1, 0.15) is 0 Å². The van der Waals surface area contributed by atoms with Gasteiger partial charge in [-0.1, -0.05) is 0 Å². The molecular formula is C7H5ClF2INO. The third-order valence-electron chi connectivity index (χ3n) is 1.47. The second-order valence-electron chi connectivity index (χ2n) is 2.31. The Hall–Kier alpha value is -0.170. The molecule has 0 fully saturated rings. The Morgan fingerprint density at radius 3 is 2.69 bits per heavy atom. The highest BCUT2D eigenvalue weighted by Crippen LogP contribution is 2.18. The normalized spacial score (nSPS) is 10.8. The quantitative estimate of drug-likeness (QED) is 0.660. The van der Waals surface area contributed by atoms with Gasteiger partial charge in [0.05, 0.1) is 11.4 Å². The fraction of sp³-hybridized carbons (Fsp3) is 0.286. The van der Waals surface area contributed by atoms with E-state index in [-0.39, 0.29) is 5.88 Å². The molecule has 0 aliphatic heterocycles. The lowest BCUT2D eigenvalue weighted by Gasteiger charge is -2.03. The van der Waals surface area contributed by atoms with Crippen molar-refractivity contribution in [3.8, 4) is 0 Å². The summed E-state index contributed by atoms with van der Waals surface area (Å²) in [6.45, 7) is 0. The van der Waals surface area contributed by atoms with Gasteiger partial charge in [-0.25, -0.2) is 8.78 Å². The average molecular weight is 319 g/mol. The molecule has 1 aromatic heterocycles. The van der Waals surface area contributed by atoms with Gasteiger partial charge >= 0.3 is 0 Å². The van der Waals surface area contributed by atoms with Gasteiger partial charge < -0.3 is 4.98 Å². The molecule has 0 bridgehead atoms. The number of hydrogen-bond donors (Lipinski definition) is 1. The van der Waals surface area contributed by atoms with E-state index in [0.717, 1.165) is 6.07 Å². The summed E-state index contributed by atoms with van der Waals surface area (Å²) in [7, 11) is 0. The molecule has 0 saturated carbocycles. The number of aromatic nitrogens is 1. The number of H-pyrrole nitrogens is 1. The number of aromatic amines is 1. The molecule has 0 radical (unpaired) electrons. The molecule has 0 unspecified atom stereocenters. The van der Waals surface area contributed by atoms with Gasteiger partial charge in [0.15, 0.2) is 0 Å². The van der Waals surface area contributed by atoms with E-state index < -0.39 is 17.5 Å². The van der Waals surface area contributed by atoms with Crippen LogP contribution in [0.5, 0.6) is 0 Å². The third kappa shape index (κ3) is 2.40. The minimum Gasteiger partial charge on any atom is -0.324 e. The second kappa shape index (κ2) is 4.36. The Balaban J connectivity index is 3.29. The second-order valence-corrected chi connectivity index (χ2v) is 3.74. The summed E-state index contributed by atoms with van der Waals surface area (Å²) in [5, 5.41) is 0. The predicted molar refractivity (Wildman–Crippen MR) is 54.3 cm³/mol. The molecule has 1 rings (SSSR count). The molecule has 0 saturated heterocycles. The summed E-state index contributed by atoms with van der Waals surface area (Å²) in [4.78, 5) is 13.3. The Morgan fingerprint density at radius 2 is 2.23 bits per heavy atom. The van der Waals surface area contributed by atoms with E-state index in [4.69, 9.17) is 11.6 Å². The smallest absolute Gasteiger partial charge is 0.269 e. The van der Waals surface area contributed by atoms with Crippen molar-refractivity contribution in [2.45, 2.75) is 12.3 Å². The van der Waals surface area contributed by atoms with Crippen LogP contribution in [-0.4, -0.2) is 4.98 Å². The molecule has 1 heterocycles. The molecule has 1 N–H and O–H groups in total. The van der Waals surface area contributed by atoms with Gasteiger partial charge in [-0.15, -0.1) is 11.6 Å². The van der Waals surface area contributed by atoms with Crippen LogP contribution >= 0.6 is 34.2 Å². The van der Waals surface area contributed by atoms with Crippen LogP contribution in [0.1, 0.15) is 17.7 Å². The molecule has 0 aliphatic carbocycles. The topological polar surface area (TPSA) is 32.9 Å². The van der Waals surface area contributed by atoms with E-state index in [1.807, 2.05) is 22.6 Å². The van der Waals surface area contributed by atoms with Crippen molar-refractivity contribution in [2.24, 2.45) is 0 Å². The van der Waals surface area contributed by atoms with Crippen LogP contribution in [0.3, 0.4) is 0 Å². The number of alkyl halides is 3. The Labute approximate surface area is 91.4 Å². The maximum absolute atomic E-state index is 12.2. The highest BCUT2D eigenvalue weighted by Gasteiger charge is 2.14. The molecule has 0 spiro atoms. The van der Waals surface area contributed by atoms with Gasteiger partial charge in [0.2, 0.25) is 0 Å². The van der Waals surface area contributed by atoms with E-state index in [1.165, 1.54) is 0 Å². The standard InChI is InChI=1S/C7H5ClF2INO/c8-2-5-4(11)1-3(6(9)10)7(13)12-5/h1,6H,2H2,(H,12,13). The van der Waals surface area contributed by atoms with Crippen molar-refractivity contribution < 1.29 is 8.78 Å². The molecule has 13 heavy (non-hydrogen) atoms. The Kier molecular flexibility index (Phi) is 3.66. The predicted octanol–water partition coefficient (Wildman–Crippen LogP) is 2.66. The van der Waals surface area contributed by atoms with Gasteiger partial charge in [-0.3, -0.25) is 4.79 Å². The van der Waals surface area contributed by atoms with Crippen LogP contribution in [0.2, 0.25) is 0 Å². The largest absolute Gasteiger partial charge is 0.324 e. The lowest BCUT2D eigenvalue weighted by Crippen LogP contribution is -2.15. The SMILES string of the molecule is O=c1[nH]c(CCl)c(I)cc1C(F)F. The van der Waals surface area contributed by atoms with Gasteiger partial charge in [-0.05, 0) is 28.7 Å². The first-order valence-corrected chi connectivity index (χ1v) is 4.93. The summed E-state index contributed by atoms with van der Waals surface area (Å²) in [6, 6.07) is 1.15. The van der Waals surface area contributed by atoms with Crippen molar-refractivity contribution in [2.75, 3.05) is 0 Å². The molecule has 0 atom stereocenters. The first-order valence-electron chi connectivity index (χ1n) is 3.32. The zero-order valence-electron chi connectivity index (χ0n) is 6.28. The highest BCUT2D eigenvalue weighted by atomic mass is 127. The monoisotopic (exact) mass is 319 g/mol. The lowest BCUT2D eigenvalue weighted by molar-refractivity contribution is 0.149. The molecule has 0 amide bonds. The van der Waals surface area contributed by atoms with Crippen molar-refractivity contribution in [3.63, 3.8) is 0 Å². The third-order valence-corrected chi connectivity index (χ3v) is 2.70. The van der Waals surface area contributed by atoms with Crippen molar-refractivity contribution in [3.05, 3.63) is 31.2 Å². The van der Waals surface area contributed by atoms with E-state index in [1.54, 1.807) is 0 Å². The number of hydrogen-bond acceptors (Lipinski definition) is 1. The van der Waals surface area contributed by atoms with Crippen molar-refractivity contribution >= 4 is 34.2 Å². The number of rotatable bonds is 2. The van der Waals surface area contributed by atoms with Crippen molar-refractivity contribution in [1.82, 2.24) is 4.98 Å². The Bertz CT molecular complexity index is 366. The number of nitrogens with one attached hydrogen (secondary N) is 1. The van der Waals surface area contributed by atoms with E-state index >= 15 is 0 Å². The number of pyridine rings is 1. The Morgan fingerprint density at radius 1 is 1.62 bits per heavy atom. The summed E-state index contributed by atoms with van der Waals surface area (Å²) >= 11 is 7.32. The lowest BCUT2D eigenvalue weighted by atomic mass is 10.2. The molecule has 0 aliphatic rings. The van der Waals surface area contributed by atoms with Crippen LogP contribution in [0.25, 0.3) is 0 Å². The van der Waals surface area contributed by atoms with Crippen LogP contribution in [0.4, 0.5) is 8.78 Å². The molecule has 6 heteroatoms. The fourth-order valence-corrected chi connectivity index (χ4v) is 1.91. The zero-order valence-corrected chi connectivity index (χ0v) is 9.20. The molecule has 2 nitrogen and oxygen atoms in total. The summed E-state index contributed by atoms with van der Waals surface area (Å²) < 4.78 is 24.9. The van der Waals surface area contributed by atoms with Gasteiger partial charge in [0, 0.05) is 9.26 Å². The van der Waals surface area contributed by atoms with E-state index in [2.05, 4.69) is 4.98 Å². The van der Waals surface area contributed by atoms with E-state index in [9.17, 15) is 13.6 Å². The maximum Gasteiger partial charge on any atom is 0.269 e. The van der Waals surface area contributed by atoms with Crippen LogP contribution < -0.4 is 5.56 Å². The van der Waals surface area contributed by atoms with Crippen molar-refractivity contribution in [1.29, 1.82) is 0 Å². The van der Waals surface area contributed by atoms with Gasteiger partial charge in [0.25, 0.3) is 12.0 Å². The first-order chi connectivity index (χ1) is 6.06. The minimum absolute atomic E-state index is 0.108. The molecule has 72 valence electrons. The minimum atomic E-state index is -2.75. The molecular weight excluding hydrogens is 314 g/mol. The highest BCUT2D eigenvalue weighted by molar-refractivity contribution is 14.1. The van der Waals surface area contributed by atoms with E-state index in [0.29, 0.717) is 9.26 Å². The van der Waals surface area contributed by atoms with Crippen LogP contribution in [0.15, 0.2) is 10.9 Å². The molecule has 1 aromatic rings. The molecule has 0 aromatic carbocycles. The zero-order chi connectivity index (χ0) is 10.0. The maximum atomic E-state index is 12.2. The fourth-order valence-electron chi connectivity index (χ4n) is 0.817. The van der Waals surface area contributed by atoms with Crippen LogP contribution in [-0.2, 0) is 5.88 Å². The summed E-state index contributed by atoms with van der Waals surface area (Å²) in [5.74, 6) is 0.108. The first kappa shape index (κ1) is 10.9. The number of halogens is 4. The summed E-state index contributed by atoms with van der Waals surface area (Å²) in [5.41, 5.74) is -0.819. The van der Waals surface area contributed by atoms with Crippen LogP contribution in [0, 0.1) is 3.57 Å². The summed E-state index contributed by atoms with van der Waals surface area (Å²) in [6.07, 6.45) is -2.75. The average Bonchev–Trinajstić information content (AvgIpc) is 2.07. The van der Waals surface area contributed by atoms with Gasteiger partial charge in [-0.2, -0.15) is 0 Å².